The summed E-state index contributed by atoms with van der Waals surface area (Å²) in [7, 11) is 0. The van der Waals surface area contributed by atoms with E-state index in [9.17, 15) is 14.7 Å². The Morgan fingerprint density at radius 2 is 1.73 bits per heavy atom. The fraction of sp³-hybridized carbons (Fsp3) is 0.444. The normalized spacial score (nSPS) is 21.6. The van der Waals surface area contributed by atoms with Crippen molar-refractivity contribution in [3.8, 4) is 0 Å². The maximum Gasteiger partial charge on any atom is 0.307 e. The Kier molecular flexibility index (Phi) is 5.01. The predicted octanol–water partition coefficient (Wildman–Crippen LogP) is 3.63. The lowest BCUT2D eigenvalue weighted by atomic mass is 9.76. The minimum Gasteiger partial charge on any atom is -0.481 e. The first kappa shape index (κ1) is 16.3. The zero-order valence-corrected chi connectivity index (χ0v) is 13.3. The second-order valence-electron chi connectivity index (χ2n) is 6.02. The van der Waals surface area contributed by atoms with Crippen molar-refractivity contribution in [1.82, 2.24) is 0 Å². The van der Waals surface area contributed by atoms with E-state index in [2.05, 4.69) is 5.32 Å². The highest BCUT2D eigenvalue weighted by molar-refractivity contribution is 5.96. The minimum absolute atomic E-state index is 0.194. The summed E-state index contributed by atoms with van der Waals surface area (Å²) in [6.45, 7) is 5.96. The largest absolute Gasteiger partial charge is 0.481 e. The molecule has 118 valence electrons. The molecule has 1 aliphatic rings. The standard InChI is InChI=1S/C18H23NO3/c1-4-13-7-5-6-8-16(13)19-17(20)14-9-11(2)12(3)10-15(14)18(21)22/h5-8,14-15H,4,9-10H2,1-3H3,(H,19,20)(H,21,22). The van der Waals surface area contributed by atoms with E-state index >= 15 is 0 Å². The summed E-state index contributed by atoms with van der Waals surface area (Å²) in [6, 6.07) is 7.65. The number of hydrogen-bond acceptors (Lipinski definition) is 2. The fourth-order valence-electron chi connectivity index (χ4n) is 3.00. The van der Waals surface area contributed by atoms with Crippen LogP contribution in [0.25, 0.3) is 0 Å². The van der Waals surface area contributed by atoms with Gasteiger partial charge in [0, 0.05) is 5.69 Å². The van der Waals surface area contributed by atoms with Gasteiger partial charge in [0.1, 0.15) is 0 Å². The smallest absolute Gasteiger partial charge is 0.307 e. The number of anilines is 1. The van der Waals surface area contributed by atoms with Crippen LogP contribution >= 0.6 is 0 Å². The SMILES string of the molecule is CCc1ccccc1NC(=O)C1CC(C)=C(C)CC1C(=O)O. The van der Waals surface area contributed by atoms with Crippen molar-refractivity contribution in [3.63, 3.8) is 0 Å². The van der Waals surface area contributed by atoms with Crippen molar-refractivity contribution < 1.29 is 14.7 Å². The van der Waals surface area contributed by atoms with Crippen molar-refractivity contribution in [2.45, 2.75) is 40.0 Å². The molecule has 2 atom stereocenters. The number of aryl methyl sites for hydroxylation is 1. The molecule has 0 aromatic heterocycles. The monoisotopic (exact) mass is 301 g/mol. The summed E-state index contributed by atoms with van der Waals surface area (Å²) in [6.07, 6.45) is 1.79. The molecule has 22 heavy (non-hydrogen) atoms. The average Bonchev–Trinajstić information content (AvgIpc) is 2.49. The summed E-state index contributed by atoms with van der Waals surface area (Å²) in [5.74, 6) is -2.24. The lowest BCUT2D eigenvalue weighted by Gasteiger charge is -2.29. The molecule has 0 saturated heterocycles. The fourth-order valence-corrected chi connectivity index (χ4v) is 3.00. The Labute approximate surface area is 131 Å². The molecular formula is C18H23NO3. The molecule has 0 bridgehead atoms. The van der Waals surface area contributed by atoms with E-state index < -0.39 is 17.8 Å². The quantitative estimate of drug-likeness (QED) is 0.834. The molecule has 0 fully saturated rings. The molecule has 0 aliphatic heterocycles. The second kappa shape index (κ2) is 6.77. The maximum absolute atomic E-state index is 12.6. The molecule has 2 N–H and O–H groups in total. The van der Waals surface area contributed by atoms with Crippen molar-refractivity contribution >= 4 is 17.6 Å². The highest BCUT2D eigenvalue weighted by Crippen LogP contribution is 2.35. The molecule has 1 aliphatic carbocycles. The lowest BCUT2D eigenvalue weighted by molar-refractivity contribution is -0.146. The molecule has 0 spiro atoms. The third-order valence-corrected chi connectivity index (χ3v) is 4.58. The highest BCUT2D eigenvalue weighted by Gasteiger charge is 2.37. The van der Waals surface area contributed by atoms with Gasteiger partial charge in [-0.25, -0.2) is 0 Å². The van der Waals surface area contributed by atoms with Crippen LogP contribution in [0.5, 0.6) is 0 Å². The Morgan fingerprint density at radius 1 is 1.14 bits per heavy atom. The van der Waals surface area contributed by atoms with Crippen LogP contribution in [0.2, 0.25) is 0 Å². The molecule has 4 heteroatoms. The number of hydrogen-bond donors (Lipinski definition) is 2. The van der Waals surface area contributed by atoms with E-state index in [0.717, 1.165) is 28.8 Å². The Balaban J connectivity index is 2.22. The maximum atomic E-state index is 12.6. The first-order valence-corrected chi connectivity index (χ1v) is 7.70. The number of allylic oxidation sites excluding steroid dienone is 2. The molecule has 0 saturated carbocycles. The zero-order chi connectivity index (χ0) is 16.3. The van der Waals surface area contributed by atoms with E-state index in [1.807, 2.05) is 45.0 Å². The van der Waals surface area contributed by atoms with Crippen molar-refractivity contribution in [2.75, 3.05) is 5.32 Å². The number of para-hydroxylation sites is 1. The molecule has 4 nitrogen and oxygen atoms in total. The van der Waals surface area contributed by atoms with Gasteiger partial charge in [-0.3, -0.25) is 9.59 Å². The van der Waals surface area contributed by atoms with Crippen LogP contribution in [-0.2, 0) is 16.0 Å². The third kappa shape index (κ3) is 3.38. The van der Waals surface area contributed by atoms with Crippen molar-refractivity contribution in [2.24, 2.45) is 11.8 Å². The van der Waals surface area contributed by atoms with Gasteiger partial charge in [0.05, 0.1) is 11.8 Å². The van der Waals surface area contributed by atoms with Crippen LogP contribution < -0.4 is 5.32 Å². The third-order valence-electron chi connectivity index (χ3n) is 4.58. The summed E-state index contributed by atoms with van der Waals surface area (Å²) in [4.78, 5) is 24.1. The molecule has 0 heterocycles. The number of aliphatic carboxylic acids is 1. The number of amides is 1. The van der Waals surface area contributed by atoms with E-state index in [-0.39, 0.29) is 5.91 Å². The van der Waals surface area contributed by atoms with Crippen molar-refractivity contribution in [3.05, 3.63) is 41.0 Å². The van der Waals surface area contributed by atoms with Crippen LogP contribution in [-0.4, -0.2) is 17.0 Å². The van der Waals surface area contributed by atoms with E-state index in [1.165, 1.54) is 0 Å². The second-order valence-corrected chi connectivity index (χ2v) is 6.02. The van der Waals surface area contributed by atoms with E-state index in [1.54, 1.807) is 0 Å². The number of rotatable bonds is 4. The topological polar surface area (TPSA) is 66.4 Å². The van der Waals surface area contributed by atoms with Crippen LogP contribution in [0.3, 0.4) is 0 Å². The van der Waals surface area contributed by atoms with Gasteiger partial charge in [-0.05, 0) is 44.7 Å². The molecule has 1 amide bonds. The Morgan fingerprint density at radius 3 is 2.32 bits per heavy atom. The van der Waals surface area contributed by atoms with Crippen LogP contribution in [0, 0.1) is 11.8 Å². The van der Waals surface area contributed by atoms with Crippen LogP contribution in [0.4, 0.5) is 5.69 Å². The average molecular weight is 301 g/mol. The first-order valence-electron chi connectivity index (χ1n) is 7.70. The molecular weight excluding hydrogens is 278 g/mol. The number of carboxylic acids is 1. The summed E-state index contributed by atoms with van der Waals surface area (Å²) in [5.41, 5.74) is 4.05. The molecule has 1 aromatic carbocycles. The number of carbonyl (C=O) groups excluding carboxylic acids is 1. The summed E-state index contributed by atoms with van der Waals surface area (Å²) < 4.78 is 0. The highest BCUT2D eigenvalue weighted by atomic mass is 16.4. The van der Waals surface area contributed by atoms with Gasteiger partial charge in [-0.1, -0.05) is 36.3 Å². The van der Waals surface area contributed by atoms with Gasteiger partial charge in [0.2, 0.25) is 5.91 Å². The molecule has 2 unspecified atom stereocenters. The Bertz CT molecular complexity index is 619. The van der Waals surface area contributed by atoms with Gasteiger partial charge in [0.25, 0.3) is 0 Å². The molecule has 1 aromatic rings. The molecule has 0 radical (unpaired) electrons. The number of carbonyl (C=O) groups is 2. The van der Waals surface area contributed by atoms with Gasteiger partial charge in [-0.15, -0.1) is 0 Å². The van der Waals surface area contributed by atoms with E-state index in [0.29, 0.717) is 12.8 Å². The first-order chi connectivity index (χ1) is 10.4. The van der Waals surface area contributed by atoms with Crippen LogP contribution in [0.1, 0.15) is 39.2 Å². The van der Waals surface area contributed by atoms with Gasteiger partial charge >= 0.3 is 5.97 Å². The van der Waals surface area contributed by atoms with Gasteiger partial charge < -0.3 is 10.4 Å². The molecule has 2 rings (SSSR count). The van der Waals surface area contributed by atoms with Gasteiger partial charge in [-0.2, -0.15) is 0 Å². The number of nitrogens with one attached hydrogen (secondary N) is 1. The zero-order valence-electron chi connectivity index (χ0n) is 13.3. The van der Waals surface area contributed by atoms with Crippen LogP contribution in [0.15, 0.2) is 35.4 Å². The minimum atomic E-state index is -0.893. The summed E-state index contributed by atoms with van der Waals surface area (Å²) >= 11 is 0. The van der Waals surface area contributed by atoms with Gasteiger partial charge in [0.15, 0.2) is 0 Å². The number of carboxylic acid groups (broad SMARTS) is 1. The number of benzene rings is 1. The lowest BCUT2D eigenvalue weighted by Crippen LogP contribution is -2.36. The Hall–Kier alpha value is -2.10. The predicted molar refractivity (Wildman–Crippen MR) is 86.7 cm³/mol. The van der Waals surface area contributed by atoms with E-state index in [4.69, 9.17) is 0 Å². The summed E-state index contributed by atoms with van der Waals surface area (Å²) in [5, 5.41) is 12.4. The van der Waals surface area contributed by atoms with Crippen molar-refractivity contribution in [1.29, 1.82) is 0 Å².